The third-order valence-corrected chi connectivity index (χ3v) is 2.29. The molecule has 0 amide bonds. The van der Waals surface area contributed by atoms with Gasteiger partial charge >= 0.3 is 0 Å². The summed E-state index contributed by atoms with van der Waals surface area (Å²) in [5.74, 6) is 0.681. The average Bonchev–Trinajstić information content (AvgIpc) is 2.19. The molecule has 2 heteroatoms. The molecule has 0 radical (unpaired) electrons. The van der Waals surface area contributed by atoms with E-state index in [9.17, 15) is 0 Å². The molecule has 0 fully saturated rings. The normalized spacial score (nSPS) is 12.1. The maximum atomic E-state index is 8.60. The van der Waals surface area contributed by atoms with Gasteiger partial charge in [0.05, 0.1) is 5.56 Å². The summed E-state index contributed by atoms with van der Waals surface area (Å²) in [6.45, 7) is 4.44. The molecule has 1 unspecified atom stereocenters. The number of aromatic nitrogens is 1. The molecule has 1 heterocycles. The quantitative estimate of drug-likeness (QED) is 0.728. The SMILES string of the molecule is CCCC(C)Cc1ccc(C#N)cn1. The first-order chi connectivity index (χ1) is 6.76. The van der Waals surface area contributed by atoms with Crippen LogP contribution in [0, 0.1) is 17.2 Å². The first-order valence-electron chi connectivity index (χ1n) is 5.11. The summed E-state index contributed by atoms with van der Waals surface area (Å²) in [6, 6.07) is 5.85. The van der Waals surface area contributed by atoms with Gasteiger partial charge in [0, 0.05) is 11.9 Å². The molecular formula is C12H16N2. The Morgan fingerprint density at radius 1 is 1.50 bits per heavy atom. The van der Waals surface area contributed by atoms with Crippen molar-refractivity contribution in [1.29, 1.82) is 5.26 Å². The number of rotatable bonds is 4. The van der Waals surface area contributed by atoms with Crippen molar-refractivity contribution < 1.29 is 0 Å². The largest absolute Gasteiger partial charge is 0.260 e. The van der Waals surface area contributed by atoms with Crippen LogP contribution in [-0.2, 0) is 6.42 Å². The number of nitriles is 1. The van der Waals surface area contributed by atoms with E-state index in [0.29, 0.717) is 11.5 Å². The predicted molar refractivity (Wildman–Crippen MR) is 56.7 cm³/mol. The van der Waals surface area contributed by atoms with Crippen molar-refractivity contribution in [3.05, 3.63) is 29.6 Å². The smallest absolute Gasteiger partial charge is 0.101 e. The number of nitrogens with zero attached hydrogens (tertiary/aromatic N) is 2. The van der Waals surface area contributed by atoms with Gasteiger partial charge in [-0.05, 0) is 24.5 Å². The van der Waals surface area contributed by atoms with E-state index in [4.69, 9.17) is 5.26 Å². The molecule has 1 aromatic rings. The minimum absolute atomic E-state index is 0.636. The van der Waals surface area contributed by atoms with Gasteiger partial charge < -0.3 is 0 Å². The van der Waals surface area contributed by atoms with Gasteiger partial charge in [0.2, 0.25) is 0 Å². The summed E-state index contributed by atoms with van der Waals surface area (Å²) >= 11 is 0. The summed E-state index contributed by atoms with van der Waals surface area (Å²) in [6.07, 6.45) is 5.12. The average molecular weight is 188 g/mol. The molecule has 0 spiro atoms. The Balaban J connectivity index is 2.56. The van der Waals surface area contributed by atoms with Crippen LogP contribution in [0.3, 0.4) is 0 Å². The Kier molecular flexibility index (Phi) is 4.12. The molecule has 1 aromatic heterocycles. The van der Waals surface area contributed by atoms with Crippen LogP contribution in [0.1, 0.15) is 37.9 Å². The lowest BCUT2D eigenvalue weighted by atomic mass is 10.00. The topological polar surface area (TPSA) is 36.7 Å². The molecule has 14 heavy (non-hydrogen) atoms. The van der Waals surface area contributed by atoms with Gasteiger partial charge in [0.25, 0.3) is 0 Å². The molecular weight excluding hydrogens is 172 g/mol. The highest BCUT2D eigenvalue weighted by Gasteiger charge is 2.03. The summed E-state index contributed by atoms with van der Waals surface area (Å²) in [4.78, 5) is 4.25. The zero-order valence-electron chi connectivity index (χ0n) is 8.83. The molecule has 1 rings (SSSR count). The van der Waals surface area contributed by atoms with E-state index < -0.39 is 0 Å². The van der Waals surface area contributed by atoms with E-state index in [1.165, 1.54) is 12.8 Å². The van der Waals surface area contributed by atoms with E-state index in [0.717, 1.165) is 12.1 Å². The molecule has 0 bridgehead atoms. The van der Waals surface area contributed by atoms with E-state index in [2.05, 4.69) is 24.9 Å². The molecule has 0 N–H and O–H groups in total. The highest BCUT2D eigenvalue weighted by Crippen LogP contribution is 2.11. The molecule has 2 nitrogen and oxygen atoms in total. The van der Waals surface area contributed by atoms with Crippen LogP contribution in [0.4, 0.5) is 0 Å². The number of pyridine rings is 1. The minimum Gasteiger partial charge on any atom is -0.260 e. The van der Waals surface area contributed by atoms with Gasteiger partial charge in [-0.3, -0.25) is 4.98 Å². The second kappa shape index (κ2) is 5.39. The molecule has 74 valence electrons. The number of hydrogen-bond donors (Lipinski definition) is 0. The van der Waals surface area contributed by atoms with Gasteiger partial charge in [-0.1, -0.05) is 26.7 Å². The van der Waals surface area contributed by atoms with E-state index >= 15 is 0 Å². The third-order valence-electron chi connectivity index (χ3n) is 2.29. The summed E-state index contributed by atoms with van der Waals surface area (Å²) in [5, 5.41) is 8.60. The van der Waals surface area contributed by atoms with Crippen LogP contribution < -0.4 is 0 Å². The molecule has 0 aliphatic carbocycles. The molecule has 0 aromatic carbocycles. The van der Waals surface area contributed by atoms with Gasteiger partial charge in [0.15, 0.2) is 0 Å². The Labute approximate surface area is 85.6 Å². The second-order valence-corrected chi connectivity index (χ2v) is 3.75. The fraction of sp³-hybridized carbons (Fsp3) is 0.500. The molecule has 0 saturated carbocycles. The van der Waals surface area contributed by atoms with Crippen molar-refractivity contribution in [2.45, 2.75) is 33.1 Å². The standard InChI is InChI=1S/C12H16N2/c1-3-4-10(2)7-12-6-5-11(8-13)9-14-12/h5-6,9-10H,3-4,7H2,1-2H3. The third kappa shape index (κ3) is 3.18. The molecule has 1 atom stereocenters. The van der Waals surface area contributed by atoms with Crippen LogP contribution in [0.2, 0.25) is 0 Å². The van der Waals surface area contributed by atoms with Crippen molar-refractivity contribution in [3.8, 4) is 6.07 Å². The Morgan fingerprint density at radius 2 is 2.29 bits per heavy atom. The summed E-state index contributed by atoms with van der Waals surface area (Å²) in [7, 11) is 0. The Bertz CT molecular complexity index is 308. The maximum Gasteiger partial charge on any atom is 0.101 e. The molecule has 0 aliphatic heterocycles. The lowest BCUT2D eigenvalue weighted by Crippen LogP contribution is -2.01. The second-order valence-electron chi connectivity index (χ2n) is 3.75. The molecule has 0 aliphatic rings. The highest BCUT2D eigenvalue weighted by atomic mass is 14.7. The zero-order chi connectivity index (χ0) is 10.4. The van der Waals surface area contributed by atoms with Crippen molar-refractivity contribution in [2.75, 3.05) is 0 Å². The Morgan fingerprint density at radius 3 is 2.79 bits per heavy atom. The monoisotopic (exact) mass is 188 g/mol. The van der Waals surface area contributed by atoms with Crippen molar-refractivity contribution in [3.63, 3.8) is 0 Å². The van der Waals surface area contributed by atoms with Crippen LogP contribution >= 0.6 is 0 Å². The summed E-state index contributed by atoms with van der Waals surface area (Å²) in [5.41, 5.74) is 1.72. The predicted octanol–water partition coefficient (Wildman–Crippen LogP) is 2.93. The van der Waals surface area contributed by atoms with E-state index in [-0.39, 0.29) is 0 Å². The van der Waals surface area contributed by atoms with E-state index in [1.807, 2.05) is 12.1 Å². The molecule has 0 saturated heterocycles. The summed E-state index contributed by atoms with van der Waals surface area (Å²) < 4.78 is 0. The lowest BCUT2D eigenvalue weighted by Gasteiger charge is -2.08. The van der Waals surface area contributed by atoms with Gasteiger partial charge in [-0.2, -0.15) is 5.26 Å². The highest BCUT2D eigenvalue weighted by molar-refractivity contribution is 5.26. The van der Waals surface area contributed by atoms with Gasteiger partial charge in [-0.15, -0.1) is 0 Å². The Hall–Kier alpha value is -1.36. The van der Waals surface area contributed by atoms with Crippen LogP contribution in [0.25, 0.3) is 0 Å². The van der Waals surface area contributed by atoms with Gasteiger partial charge in [-0.25, -0.2) is 0 Å². The number of hydrogen-bond acceptors (Lipinski definition) is 2. The fourth-order valence-electron chi connectivity index (χ4n) is 1.56. The van der Waals surface area contributed by atoms with Gasteiger partial charge in [0.1, 0.15) is 6.07 Å². The van der Waals surface area contributed by atoms with Crippen molar-refractivity contribution in [2.24, 2.45) is 5.92 Å². The van der Waals surface area contributed by atoms with Crippen LogP contribution in [0.5, 0.6) is 0 Å². The van der Waals surface area contributed by atoms with E-state index in [1.54, 1.807) is 6.20 Å². The fourth-order valence-corrected chi connectivity index (χ4v) is 1.56. The van der Waals surface area contributed by atoms with Crippen LogP contribution in [-0.4, -0.2) is 4.98 Å². The van der Waals surface area contributed by atoms with Crippen molar-refractivity contribution in [1.82, 2.24) is 4.98 Å². The first-order valence-corrected chi connectivity index (χ1v) is 5.11. The lowest BCUT2D eigenvalue weighted by molar-refractivity contribution is 0.516. The first kappa shape index (κ1) is 10.7. The zero-order valence-corrected chi connectivity index (χ0v) is 8.83. The van der Waals surface area contributed by atoms with Crippen LogP contribution in [0.15, 0.2) is 18.3 Å². The minimum atomic E-state index is 0.636. The maximum absolute atomic E-state index is 8.60. The van der Waals surface area contributed by atoms with Crippen molar-refractivity contribution >= 4 is 0 Å².